The first kappa shape index (κ1) is 10.4. The molecule has 0 spiro atoms. The molecule has 2 N–H and O–H groups in total. The van der Waals surface area contributed by atoms with Gasteiger partial charge in [-0.3, -0.25) is 0 Å². The van der Waals surface area contributed by atoms with Crippen LogP contribution in [0, 0.1) is 17.8 Å². The summed E-state index contributed by atoms with van der Waals surface area (Å²) in [6.45, 7) is 4.54. The molecule has 82 valence electrons. The van der Waals surface area contributed by atoms with Crippen molar-refractivity contribution < 1.29 is 4.39 Å². The van der Waals surface area contributed by atoms with Crippen molar-refractivity contribution in [2.24, 2.45) is 23.5 Å². The average molecular weight is 200 g/mol. The molecular weight excluding hydrogens is 179 g/mol. The van der Waals surface area contributed by atoms with E-state index < -0.39 is 5.67 Å². The Morgan fingerprint density at radius 2 is 1.86 bits per heavy atom. The first-order valence-electron chi connectivity index (χ1n) is 5.59. The van der Waals surface area contributed by atoms with Crippen LogP contribution < -0.4 is 5.73 Å². The van der Waals surface area contributed by atoms with Gasteiger partial charge in [-0.15, -0.1) is 0 Å². The van der Waals surface area contributed by atoms with Gasteiger partial charge in [0.2, 0.25) is 0 Å². The minimum absolute atomic E-state index is 0.479. The van der Waals surface area contributed by atoms with E-state index >= 15 is 0 Å². The van der Waals surface area contributed by atoms with Crippen molar-refractivity contribution in [2.75, 3.05) is 26.7 Å². The molecule has 1 aliphatic heterocycles. The van der Waals surface area contributed by atoms with E-state index in [9.17, 15) is 4.39 Å². The molecule has 0 aromatic rings. The Labute approximate surface area is 85.6 Å². The maximum absolute atomic E-state index is 14.0. The summed E-state index contributed by atoms with van der Waals surface area (Å²) >= 11 is 0. The third-order valence-corrected chi connectivity index (χ3v) is 3.95. The van der Waals surface area contributed by atoms with E-state index in [4.69, 9.17) is 5.73 Å². The van der Waals surface area contributed by atoms with Gasteiger partial charge in [-0.2, -0.15) is 0 Å². The normalized spacial score (nSPS) is 49.3. The summed E-state index contributed by atoms with van der Waals surface area (Å²) in [4.78, 5) is 2.33. The number of alkyl halides is 1. The monoisotopic (exact) mass is 200 g/mol. The zero-order chi connectivity index (χ0) is 10.3. The maximum atomic E-state index is 14.0. The van der Waals surface area contributed by atoms with Crippen LogP contribution in [0.15, 0.2) is 0 Å². The molecule has 2 rings (SSSR count). The molecule has 2 unspecified atom stereocenters. The highest BCUT2D eigenvalue weighted by molar-refractivity contribution is 4.97. The fourth-order valence-electron chi connectivity index (χ4n) is 3.52. The third kappa shape index (κ3) is 1.80. The van der Waals surface area contributed by atoms with E-state index in [0.29, 0.717) is 30.6 Å². The van der Waals surface area contributed by atoms with E-state index in [2.05, 4.69) is 11.9 Å². The Hall–Kier alpha value is -0.150. The van der Waals surface area contributed by atoms with Crippen molar-refractivity contribution in [3.63, 3.8) is 0 Å². The number of nitrogens with two attached hydrogens (primary N) is 1. The minimum Gasteiger partial charge on any atom is -0.330 e. The van der Waals surface area contributed by atoms with Crippen LogP contribution >= 0.6 is 0 Å². The van der Waals surface area contributed by atoms with E-state index in [1.165, 1.54) is 0 Å². The molecule has 1 saturated heterocycles. The van der Waals surface area contributed by atoms with Gasteiger partial charge in [0, 0.05) is 13.1 Å². The molecule has 0 aromatic carbocycles. The van der Waals surface area contributed by atoms with Crippen molar-refractivity contribution >= 4 is 0 Å². The van der Waals surface area contributed by atoms with Crippen LogP contribution in [0.25, 0.3) is 0 Å². The molecule has 0 amide bonds. The lowest BCUT2D eigenvalue weighted by Crippen LogP contribution is -2.54. The lowest BCUT2D eigenvalue weighted by Gasteiger charge is -2.50. The summed E-state index contributed by atoms with van der Waals surface area (Å²) in [6, 6.07) is 0. The predicted octanol–water partition coefficient (Wildman–Crippen LogP) is 1.26. The SMILES string of the molecule is CN1CC2CC(C)(F)CC(C1)C2CN. The van der Waals surface area contributed by atoms with Gasteiger partial charge >= 0.3 is 0 Å². The summed E-state index contributed by atoms with van der Waals surface area (Å²) in [5.41, 5.74) is 4.84. The van der Waals surface area contributed by atoms with Gasteiger partial charge in [0.15, 0.2) is 0 Å². The summed E-state index contributed by atoms with van der Waals surface area (Å²) in [6.07, 6.45) is 1.41. The molecule has 2 bridgehead atoms. The summed E-state index contributed by atoms with van der Waals surface area (Å²) in [7, 11) is 2.13. The van der Waals surface area contributed by atoms with Crippen LogP contribution in [-0.2, 0) is 0 Å². The second kappa shape index (κ2) is 3.46. The minimum atomic E-state index is -0.942. The van der Waals surface area contributed by atoms with Gasteiger partial charge in [0.05, 0.1) is 0 Å². The molecule has 2 atom stereocenters. The van der Waals surface area contributed by atoms with Crippen molar-refractivity contribution in [2.45, 2.75) is 25.4 Å². The molecule has 3 heteroatoms. The zero-order valence-corrected chi connectivity index (χ0v) is 9.17. The smallest absolute Gasteiger partial charge is 0.109 e. The topological polar surface area (TPSA) is 29.3 Å². The Kier molecular flexibility index (Phi) is 2.56. The number of fused-ring (bicyclic) bond motifs is 2. The van der Waals surface area contributed by atoms with Crippen LogP contribution in [0.5, 0.6) is 0 Å². The van der Waals surface area contributed by atoms with E-state index in [-0.39, 0.29) is 0 Å². The molecular formula is C11H21FN2. The molecule has 0 radical (unpaired) electrons. The van der Waals surface area contributed by atoms with Crippen molar-refractivity contribution in [1.29, 1.82) is 0 Å². The number of rotatable bonds is 1. The Morgan fingerprint density at radius 3 is 2.29 bits per heavy atom. The van der Waals surface area contributed by atoms with Gasteiger partial charge in [0.25, 0.3) is 0 Å². The lowest BCUT2D eigenvalue weighted by atomic mass is 9.64. The van der Waals surface area contributed by atoms with Gasteiger partial charge in [-0.25, -0.2) is 4.39 Å². The molecule has 2 aliphatic rings. The quantitative estimate of drug-likeness (QED) is 0.690. The molecule has 0 aromatic heterocycles. The largest absolute Gasteiger partial charge is 0.330 e. The molecule has 14 heavy (non-hydrogen) atoms. The zero-order valence-electron chi connectivity index (χ0n) is 9.17. The van der Waals surface area contributed by atoms with E-state index in [0.717, 1.165) is 19.6 Å². The van der Waals surface area contributed by atoms with Gasteiger partial charge < -0.3 is 10.6 Å². The van der Waals surface area contributed by atoms with Crippen molar-refractivity contribution in [1.82, 2.24) is 4.90 Å². The van der Waals surface area contributed by atoms with Crippen molar-refractivity contribution in [3.8, 4) is 0 Å². The fourth-order valence-corrected chi connectivity index (χ4v) is 3.52. The number of piperidine rings is 1. The van der Waals surface area contributed by atoms with Gasteiger partial charge in [0.1, 0.15) is 5.67 Å². The second-order valence-corrected chi connectivity index (χ2v) is 5.46. The molecule has 2 fully saturated rings. The predicted molar refractivity (Wildman–Crippen MR) is 55.8 cm³/mol. The Balaban J connectivity index is 2.14. The van der Waals surface area contributed by atoms with Gasteiger partial charge in [-0.05, 0) is 51.1 Å². The van der Waals surface area contributed by atoms with Crippen LogP contribution in [-0.4, -0.2) is 37.3 Å². The van der Waals surface area contributed by atoms with Crippen molar-refractivity contribution in [3.05, 3.63) is 0 Å². The van der Waals surface area contributed by atoms with Gasteiger partial charge in [-0.1, -0.05) is 0 Å². The maximum Gasteiger partial charge on any atom is 0.109 e. The highest BCUT2D eigenvalue weighted by Crippen LogP contribution is 2.45. The third-order valence-electron chi connectivity index (χ3n) is 3.95. The van der Waals surface area contributed by atoms with Crippen LogP contribution in [0.1, 0.15) is 19.8 Å². The number of hydrogen-bond acceptors (Lipinski definition) is 2. The second-order valence-electron chi connectivity index (χ2n) is 5.46. The summed E-state index contributed by atoms with van der Waals surface area (Å²) in [5, 5.41) is 0. The highest BCUT2D eigenvalue weighted by Gasteiger charge is 2.46. The Bertz CT molecular complexity index is 199. The molecule has 1 heterocycles. The average Bonchev–Trinajstić information content (AvgIpc) is 1.99. The van der Waals surface area contributed by atoms with E-state index in [1.807, 2.05) is 0 Å². The van der Waals surface area contributed by atoms with Crippen LogP contribution in [0.3, 0.4) is 0 Å². The number of likely N-dealkylation sites (tertiary alicyclic amines) is 1. The molecule has 1 saturated carbocycles. The lowest BCUT2D eigenvalue weighted by molar-refractivity contribution is -0.0389. The van der Waals surface area contributed by atoms with E-state index in [1.54, 1.807) is 6.92 Å². The van der Waals surface area contributed by atoms with Crippen LogP contribution in [0.4, 0.5) is 4.39 Å². The number of hydrogen-bond donors (Lipinski definition) is 1. The standard InChI is InChI=1S/C11H21FN2/c1-11(12)3-8-6-14(2)7-9(4-11)10(8)5-13/h8-10H,3-7,13H2,1-2H3. The Morgan fingerprint density at radius 1 is 1.36 bits per heavy atom. The first-order chi connectivity index (χ1) is 6.52. The summed E-state index contributed by atoms with van der Waals surface area (Å²) < 4.78 is 14.0. The fraction of sp³-hybridized carbons (Fsp3) is 1.00. The number of nitrogens with zero attached hydrogens (tertiary/aromatic N) is 1. The molecule has 2 nitrogen and oxygen atoms in total. The summed E-state index contributed by atoms with van der Waals surface area (Å²) in [5.74, 6) is 1.52. The molecule has 1 aliphatic carbocycles. The first-order valence-corrected chi connectivity index (χ1v) is 5.59. The highest BCUT2D eigenvalue weighted by atomic mass is 19.1. The van der Waals surface area contributed by atoms with Crippen LogP contribution in [0.2, 0.25) is 0 Å². The number of halogens is 1.